The van der Waals surface area contributed by atoms with Crippen LogP contribution in [0.4, 0.5) is 0 Å². The molecule has 0 spiro atoms. The number of hydrogen-bond acceptors (Lipinski definition) is 4. The van der Waals surface area contributed by atoms with Crippen molar-refractivity contribution in [2.45, 2.75) is 37.7 Å². The molecule has 1 fully saturated rings. The monoisotopic (exact) mass is 279 g/mol. The molecule has 1 aliphatic carbocycles. The van der Waals surface area contributed by atoms with Crippen molar-refractivity contribution in [1.82, 2.24) is 0 Å². The van der Waals surface area contributed by atoms with Crippen LogP contribution in [0.15, 0.2) is 24.3 Å². The van der Waals surface area contributed by atoms with Crippen molar-refractivity contribution in [2.75, 3.05) is 26.9 Å². The lowest BCUT2D eigenvalue weighted by Crippen LogP contribution is -2.43. The van der Waals surface area contributed by atoms with Gasteiger partial charge in [-0.05, 0) is 37.1 Å². The summed E-state index contributed by atoms with van der Waals surface area (Å²) >= 11 is 0. The number of rotatable bonds is 7. The molecule has 2 rings (SSSR count). The summed E-state index contributed by atoms with van der Waals surface area (Å²) in [5.74, 6) is 1.66. The Morgan fingerprint density at radius 3 is 2.25 bits per heavy atom. The van der Waals surface area contributed by atoms with Crippen molar-refractivity contribution < 1.29 is 14.2 Å². The standard InChI is InChI=1S/C16H25NO3/c1-18-14-5-7-15(8-6-14)19-11-12-20-16(13-17)9-3-2-4-10-16/h5-8H,2-4,9-13,17H2,1H3. The number of ether oxygens (including phenoxy) is 3. The third-order valence-electron chi connectivity index (χ3n) is 3.96. The van der Waals surface area contributed by atoms with Crippen LogP contribution in [-0.2, 0) is 4.74 Å². The number of benzene rings is 1. The molecule has 0 bridgehead atoms. The zero-order valence-electron chi connectivity index (χ0n) is 12.3. The van der Waals surface area contributed by atoms with E-state index in [-0.39, 0.29) is 5.60 Å². The van der Waals surface area contributed by atoms with Gasteiger partial charge in [-0.1, -0.05) is 19.3 Å². The molecule has 4 nitrogen and oxygen atoms in total. The Bertz CT molecular complexity index is 385. The molecule has 20 heavy (non-hydrogen) atoms. The SMILES string of the molecule is COc1ccc(OCCOC2(CN)CCCCC2)cc1. The molecule has 0 aliphatic heterocycles. The van der Waals surface area contributed by atoms with Crippen LogP contribution >= 0.6 is 0 Å². The fraction of sp³-hybridized carbons (Fsp3) is 0.625. The summed E-state index contributed by atoms with van der Waals surface area (Å²) in [6.07, 6.45) is 5.89. The highest BCUT2D eigenvalue weighted by molar-refractivity contribution is 5.31. The summed E-state index contributed by atoms with van der Waals surface area (Å²) < 4.78 is 16.8. The summed E-state index contributed by atoms with van der Waals surface area (Å²) in [4.78, 5) is 0. The van der Waals surface area contributed by atoms with E-state index >= 15 is 0 Å². The van der Waals surface area contributed by atoms with Gasteiger partial charge in [-0.3, -0.25) is 0 Å². The first-order chi connectivity index (χ1) is 9.78. The third kappa shape index (κ3) is 4.12. The molecule has 2 N–H and O–H groups in total. The molecule has 0 unspecified atom stereocenters. The third-order valence-corrected chi connectivity index (χ3v) is 3.96. The van der Waals surface area contributed by atoms with Crippen molar-refractivity contribution in [2.24, 2.45) is 5.73 Å². The van der Waals surface area contributed by atoms with Crippen molar-refractivity contribution in [3.05, 3.63) is 24.3 Å². The average Bonchev–Trinajstić information content (AvgIpc) is 2.53. The van der Waals surface area contributed by atoms with Gasteiger partial charge in [0.25, 0.3) is 0 Å². The maximum absolute atomic E-state index is 6.01. The second-order valence-corrected chi connectivity index (χ2v) is 5.32. The molecule has 1 aromatic carbocycles. The highest BCUT2D eigenvalue weighted by Crippen LogP contribution is 2.30. The normalized spacial score (nSPS) is 17.7. The fourth-order valence-corrected chi connectivity index (χ4v) is 2.69. The van der Waals surface area contributed by atoms with E-state index in [2.05, 4.69) is 0 Å². The first kappa shape index (κ1) is 15.1. The van der Waals surface area contributed by atoms with Gasteiger partial charge < -0.3 is 19.9 Å². The van der Waals surface area contributed by atoms with E-state index < -0.39 is 0 Å². The molecule has 0 saturated heterocycles. The maximum atomic E-state index is 6.01. The minimum Gasteiger partial charge on any atom is -0.497 e. The van der Waals surface area contributed by atoms with Crippen LogP contribution in [0.25, 0.3) is 0 Å². The Morgan fingerprint density at radius 1 is 1.00 bits per heavy atom. The molecule has 0 aromatic heterocycles. The Kier molecular flexibility index (Phi) is 5.68. The molecular formula is C16H25NO3. The van der Waals surface area contributed by atoms with E-state index in [4.69, 9.17) is 19.9 Å². The first-order valence-electron chi connectivity index (χ1n) is 7.39. The van der Waals surface area contributed by atoms with Gasteiger partial charge >= 0.3 is 0 Å². The lowest BCUT2D eigenvalue weighted by atomic mass is 9.85. The van der Waals surface area contributed by atoms with Crippen LogP contribution < -0.4 is 15.2 Å². The van der Waals surface area contributed by atoms with E-state index in [0.717, 1.165) is 24.3 Å². The number of methoxy groups -OCH3 is 1. The van der Waals surface area contributed by atoms with E-state index in [9.17, 15) is 0 Å². The Morgan fingerprint density at radius 2 is 1.65 bits per heavy atom. The van der Waals surface area contributed by atoms with Crippen LogP contribution in [0.3, 0.4) is 0 Å². The summed E-state index contributed by atoms with van der Waals surface area (Å²) in [6, 6.07) is 7.58. The van der Waals surface area contributed by atoms with Gasteiger partial charge in [0.05, 0.1) is 19.3 Å². The van der Waals surface area contributed by atoms with Crippen LogP contribution in [0.2, 0.25) is 0 Å². The van der Waals surface area contributed by atoms with Crippen LogP contribution in [0, 0.1) is 0 Å². The van der Waals surface area contributed by atoms with E-state index in [0.29, 0.717) is 19.8 Å². The van der Waals surface area contributed by atoms with Crippen molar-refractivity contribution in [3.63, 3.8) is 0 Å². The molecule has 1 aromatic rings. The molecule has 112 valence electrons. The second-order valence-electron chi connectivity index (χ2n) is 5.32. The van der Waals surface area contributed by atoms with Gasteiger partial charge in [-0.25, -0.2) is 0 Å². The fourth-order valence-electron chi connectivity index (χ4n) is 2.69. The predicted molar refractivity (Wildman–Crippen MR) is 79.3 cm³/mol. The van der Waals surface area contributed by atoms with Gasteiger partial charge in [0.2, 0.25) is 0 Å². The zero-order chi connectivity index (χ0) is 14.3. The van der Waals surface area contributed by atoms with Crippen LogP contribution in [-0.4, -0.2) is 32.5 Å². The highest BCUT2D eigenvalue weighted by atomic mass is 16.5. The first-order valence-corrected chi connectivity index (χ1v) is 7.39. The summed E-state index contributed by atoms with van der Waals surface area (Å²) in [5.41, 5.74) is 5.77. The molecule has 1 saturated carbocycles. The van der Waals surface area contributed by atoms with Gasteiger partial charge in [0, 0.05) is 6.54 Å². The van der Waals surface area contributed by atoms with E-state index in [1.54, 1.807) is 7.11 Å². The molecule has 0 radical (unpaired) electrons. The van der Waals surface area contributed by atoms with Gasteiger partial charge in [-0.15, -0.1) is 0 Å². The summed E-state index contributed by atoms with van der Waals surface area (Å²) in [6.45, 7) is 1.74. The summed E-state index contributed by atoms with van der Waals surface area (Å²) in [7, 11) is 1.65. The zero-order valence-corrected chi connectivity index (χ0v) is 12.3. The molecule has 0 heterocycles. The quantitative estimate of drug-likeness (QED) is 0.780. The lowest BCUT2D eigenvalue weighted by Gasteiger charge is -2.36. The minimum atomic E-state index is -0.110. The molecule has 0 atom stereocenters. The van der Waals surface area contributed by atoms with E-state index in [1.807, 2.05) is 24.3 Å². The largest absolute Gasteiger partial charge is 0.497 e. The number of hydrogen-bond donors (Lipinski definition) is 1. The predicted octanol–water partition coefficient (Wildman–Crippen LogP) is 2.75. The Balaban J connectivity index is 1.72. The van der Waals surface area contributed by atoms with E-state index in [1.165, 1.54) is 19.3 Å². The molecule has 1 aliphatic rings. The average molecular weight is 279 g/mol. The van der Waals surface area contributed by atoms with Gasteiger partial charge in [0.1, 0.15) is 18.1 Å². The molecule has 4 heteroatoms. The highest BCUT2D eigenvalue weighted by Gasteiger charge is 2.31. The molecular weight excluding hydrogens is 254 g/mol. The maximum Gasteiger partial charge on any atom is 0.119 e. The van der Waals surface area contributed by atoms with Gasteiger partial charge in [0.15, 0.2) is 0 Å². The van der Waals surface area contributed by atoms with Crippen LogP contribution in [0.1, 0.15) is 32.1 Å². The number of nitrogens with two attached hydrogens (primary N) is 1. The van der Waals surface area contributed by atoms with Gasteiger partial charge in [-0.2, -0.15) is 0 Å². The van der Waals surface area contributed by atoms with Crippen molar-refractivity contribution in [3.8, 4) is 11.5 Å². The second kappa shape index (κ2) is 7.50. The lowest BCUT2D eigenvalue weighted by molar-refractivity contribution is -0.0712. The van der Waals surface area contributed by atoms with Crippen LogP contribution in [0.5, 0.6) is 11.5 Å². The topological polar surface area (TPSA) is 53.7 Å². The summed E-state index contributed by atoms with van der Waals surface area (Å²) in [5, 5.41) is 0. The minimum absolute atomic E-state index is 0.110. The van der Waals surface area contributed by atoms with Crippen molar-refractivity contribution >= 4 is 0 Å². The Hall–Kier alpha value is -1.26. The molecule has 0 amide bonds. The Labute approximate surface area is 121 Å². The smallest absolute Gasteiger partial charge is 0.119 e. The van der Waals surface area contributed by atoms with Crippen molar-refractivity contribution in [1.29, 1.82) is 0 Å².